The van der Waals surface area contributed by atoms with Gasteiger partial charge in [0.15, 0.2) is 0 Å². The minimum atomic E-state index is -4.14. The maximum atomic E-state index is 14.4. The topological polar surface area (TPSA) is 61.8 Å². The molecule has 7 heteroatoms. The van der Waals surface area contributed by atoms with Crippen molar-refractivity contribution in [3.05, 3.63) is 0 Å². The molecule has 0 atom stereocenters. The average molecular weight is 1220 g/mol. The molecule has 0 spiro atoms. The molecule has 0 heterocycles. The second-order valence-electron chi connectivity index (χ2n) is 22.9. The molecule has 0 amide bonds. The van der Waals surface area contributed by atoms with Gasteiger partial charge in [-0.25, -0.2) is 0 Å². The van der Waals surface area contributed by atoms with Gasteiger partial charge in [0, 0.05) is 0 Å². The Kier molecular flexibility index (Phi) is 57.1. The minimum absolute atomic E-state index is 0.0125. The molecule has 0 N–H and O–H groups in total. The Morgan fingerprint density at radius 2 is 0.380 bits per heavy atom. The average Bonchev–Trinajstić information content (AvgIpc) is 3.36. The fourth-order valence-corrected chi connectivity index (χ4v) is 51.1. The summed E-state index contributed by atoms with van der Waals surface area (Å²) in [5, 5.41) is 0. The summed E-state index contributed by atoms with van der Waals surface area (Å²) in [6, 6.07) is 0. The Balaban J connectivity index is 6.33. The molecule has 0 aromatic carbocycles. The molecule has 71 heavy (non-hydrogen) atoms. The van der Waals surface area contributed by atoms with Gasteiger partial charge in [-0.2, -0.15) is 0 Å². The molecule has 0 radical (unpaired) electrons. The van der Waals surface area contributed by atoms with Crippen molar-refractivity contribution >= 4 is 50.3 Å². The minimum Gasteiger partial charge on any atom is -0.0654 e. The summed E-state index contributed by atoms with van der Waals surface area (Å²) in [5.41, 5.74) is 0. The Hall–Kier alpha value is 0.497. The van der Waals surface area contributed by atoms with Gasteiger partial charge in [0.05, 0.1) is 0 Å². The predicted octanol–water partition coefficient (Wildman–Crippen LogP) is 23.4. The summed E-state index contributed by atoms with van der Waals surface area (Å²) in [6.45, 7) is 13.8. The van der Waals surface area contributed by atoms with E-state index in [4.69, 9.17) is 7.56 Å². The van der Waals surface area contributed by atoms with Crippen LogP contribution >= 0.6 is 0 Å². The van der Waals surface area contributed by atoms with Crippen molar-refractivity contribution in [1.82, 2.24) is 0 Å². The van der Waals surface area contributed by atoms with E-state index < -0.39 is 38.4 Å². The van der Waals surface area contributed by atoms with E-state index >= 15 is 0 Å². The van der Waals surface area contributed by atoms with Crippen molar-refractivity contribution in [2.45, 2.75) is 393 Å². The fourth-order valence-electron chi connectivity index (χ4n) is 10.8. The number of carbonyl (C=O) groups is 2. The third-order valence-electron chi connectivity index (χ3n) is 15.6. The van der Waals surface area contributed by atoms with E-state index in [2.05, 4.69) is 41.5 Å². The van der Waals surface area contributed by atoms with Crippen molar-refractivity contribution in [3.8, 4) is 0 Å². The molecule has 0 saturated carbocycles. The molecule has 0 aromatic rings. The van der Waals surface area contributed by atoms with Crippen LogP contribution in [0, 0.1) is 0 Å². The molecule has 0 aromatic heterocycles. The molecule has 0 aliphatic heterocycles. The van der Waals surface area contributed by atoms with E-state index in [1.165, 1.54) is 270 Å². The third kappa shape index (κ3) is 48.6. The standard InChI is InChI=1S/2C16H32O2.4C8H17.O.2Sn/c2*1-2-3-4-5-6-7-8-9-10-11-12-13-14-15-16(17)18;4*1-3-5-7-8-6-4-2;;;/h2*2-15H2,1H3,(H,17,18);4*1,3-8H2,2H3;;;/q;;;;;;;2*+1/p-2. The molecule has 0 unspecified atom stereocenters. The summed E-state index contributed by atoms with van der Waals surface area (Å²) in [4.78, 5) is 28.7. The monoisotopic (exact) mass is 1220 g/mol. The normalized spacial score (nSPS) is 12.0. The third-order valence-corrected chi connectivity index (χ3v) is 48.1. The summed E-state index contributed by atoms with van der Waals surface area (Å²) in [7, 11) is 0. The van der Waals surface area contributed by atoms with Gasteiger partial charge in [-0.05, 0) is 0 Å². The summed E-state index contributed by atoms with van der Waals surface area (Å²) in [6.07, 6.45) is 64.3. The molecule has 424 valence electrons. The van der Waals surface area contributed by atoms with Gasteiger partial charge in [-0.3, -0.25) is 0 Å². The first-order valence-electron chi connectivity index (χ1n) is 33.0. The van der Waals surface area contributed by atoms with Crippen LogP contribution in [0.1, 0.15) is 375 Å². The molecule has 0 fully saturated rings. The zero-order valence-electron chi connectivity index (χ0n) is 49.6. The van der Waals surface area contributed by atoms with Crippen LogP contribution in [-0.2, 0) is 17.1 Å². The number of hydrogen-bond donors (Lipinski definition) is 0. The Morgan fingerprint density at radius 1 is 0.225 bits per heavy atom. The SMILES string of the molecule is CCCCCCCCCCCCCCCC(=O)[O][Sn]([CH2]CCCCCCC)([CH2]CCCCCCC)[O][Sn]([CH2]CCCCCCC)([CH2]CCCCCCC)[O]C(=O)CCCCCCCCCCCCCCC. The Bertz CT molecular complexity index is 971. The van der Waals surface area contributed by atoms with Crippen LogP contribution in [0.3, 0.4) is 0 Å². The van der Waals surface area contributed by atoms with E-state index in [9.17, 15) is 9.59 Å². The van der Waals surface area contributed by atoms with E-state index in [0.29, 0.717) is 12.8 Å². The van der Waals surface area contributed by atoms with Gasteiger partial charge < -0.3 is 0 Å². The van der Waals surface area contributed by atoms with Crippen molar-refractivity contribution < 1.29 is 17.1 Å². The summed E-state index contributed by atoms with van der Waals surface area (Å²) >= 11 is -8.27. The van der Waals surface area contributed by atoms with Gasteiger partial charge in [0.2, 0.25) is 0 Å². The number of hydrogen-bond acceptors (Lipinski definition) is 5. The van der Waals surface area contributed by atoms with E-state index in [-0.39, 0.29) is 11.9 Å². The first kappa shape index (κ1) is 71.5. The van der Waals surface area contributed by atoms with Gasteiger partial charge in [-0.1, -0.05) is 65.2 Å². The van der Waals surface area contributed by atoms with Gasteiger partial charge in [0.1, 0.15) is 0 Å². The first-order chi connectivity index (χ1) is 34.9. The quantitative estimate of drug-likeness (QED) is 0.0449. The van der Waals surface area contributed by atoms with Gasteiger partial charge in [0.25, 0.3) is 0 Å². The second kappa shape index (κ2) is 56.7. The van der Waals surface area contributed by atoms with Crippen LogP contribution in [0.2, 0.25) is 17.7 Å². The first-order valence-corrected chi connectivity index (χ1v) is 45.7. The smallest absolute Gasteiger partial charge is 0.0654 e. The zero-order chi connectivity index (χ0) is 51.9. The van der Waals surface area contributed by atoms with Crippen LogP contribution in [-0.4, -0.2) is 50.3 Å². The van der Waals surface area contributed by atoms with Crippen LogP contribution in [0.5, 0.6) is 0 Å². The zero-order valence-corrected chi connectivity index (χ0v) is 55.3. The molecule has 0 aliphatic rings. The van der Waals surface area contributed by atoms with Gasteiger partial charge >= 0.3 is 395 Å². The van der Waals surface area contributed by atoms with Gasteiger partial charge in [-0.15, -0.1) is 0 Å². The Morgan fingerprint density at radius 3 is 0.563 bits per heavy atom. The number of unbranched alkanes of at least 4 members (excludes halogenated alkanes) is 44. The van der Waals surface area contributed by atoms with Crippen LogP contribution in [0.25, 0.3) is 0 Å². The molecule has 0 aliphatic carbocycles. The predicted molar refractivity (Wildman–Crippen MR) is 318 cm³/mol. The van der Waals surface area contributed by atoms with Crippen molar-refractivity contribution in [2.75, 3.05) is 0 Å². The van der Waals surface area contributed by atoms with E-state index in [0.717, 1.165) is 69.1 Å². The van der Waals surface area contributed by atoms with Crippen LogP contribution in [0.4, 0.5) is 0 Å². The van der Waals surface area contributed by atoms with E-state index in [1.54, 1.807) is 0 Å². The van der Waals surface area contributed by atoms with Crippen molar-refractivity contribution in [3.63, 3.8) is 0 Å². The molecule has 5 nitrogen and oxygen atoms in total. The maximum absolute atomic E-state index is 14.4. The van der Waals surface area contributed by atoms with Crippen LogP contribution < -0.4 is 0 Å². The Labute approximate surface area is 457 Å². The van der Waals surface area contributed by atoms with Crippen molar-refractivity contribution in [1.29, 1.82) is 0 Å². The van der Waals surface area contributed by atoms with Crippen LogP contribution in [0.15, 0.2) is 0 Å². The summed E-state index contributed by atoms with van der Waals surface area (Å²) in [5.74, 6) is 0.0249. The van der Waals surface area contributed by atoms with Crippen molar-refractivity contribution in [2.24, 2.45) is 0 Å². The second-order valence-corrected chi connectivity index (χ2v) is 44.7. The molecule has 0 rings (SSSR count). The molecular weight excluding hydrogens is 1090 g/mol. The molecule has 0 saturated heterocycles. The fraction of sp³-hybridized carbons (Fsp3) is 0.969. The molecule has 0 bridgehead atoms. The molecular formula is C64H130O5Sn2. The number of carbonyl (C=O) groups excluding carboxylic acids is 2. The number of rotatable bonds is 60. The summed E-state index contributed by atoms with van der Waals surface area (Å²) < 4.78 is 26.1. The van der Waals surface area contributed by atoms with E-state index in [1.807, 2.05) is 0 Å².